The summed E-state index contributed by atoms with van der Waals surface area (Å²) in [6.45, 7) is 2.59. The number of benzene rings is 2. The second kappa shape index (κ2) is 7.25. The molecule has 0 radical (unpaired) electrons. The summed E-state index contributed by atoms with van der Waals surface area (Å²) in [7, 11) is 0. The normalized spacial score (nSPS) is 16.5. The second-order valence-electron chi connectivity index (χ2n) is 6.11. The molecule has 1 atom stereocenters. The number of carbonyl (C=O) groups is 2. The van der Waals surface area contributed by atoms with Crippen LogP contribution >= 0.6 is 0 Å². The van der Waals surface area contributed by atoms with Gasteiger partial charge in [-0.2, -0.15) is 0 Å². The van der Waals surface area contributed by atoms with Gasteiger partial charge in [0.05, 0.1) is 11.6 Å². The zero-order valence-corrected chi connectivity index (χ0v) is 13.9. The van der Waals surface area contributed by atoms with Gasteiger partial charge in [-0.3, -0.25) is 4.79 Å². The highest BCUT2D eigenvalue weighted by Crippen LogP contribution is 2.31. The molecule has 1 heterocycles. The topological polar surface area (TPSA) is 78.9 Å². The summed E-state index contributed by atoms with van der Waals surface area (Å²) in [6, 6.07) is 14.6. The van der Waals surface area contributed by atoms with Crippen molar-refractivity contribution in [3.8, 4) is 11.5 Å². The number of hydrogen-bond acceptors (Lipinski definition) is 3. The van der Waals surface area contributed by atoms with Crippen LogP contribution in [0.2, 0.25) is 0 Å². The van der Waals surface area contributed by atoms with Crippen molar-refractivity contribution in [2.45, 2.75) is 13.3 Å². The summed E-state index contributed by atoms with van der Waals surface area (Å²) < 4.78 is 5.86. The number of urea groups is 1. The minimum Gasteiger partial charge on any atom is -0.481 e. The fourth-order valence-electron chi connectivity index (χ4n) is 2.79. The first-order valence-corrected chi connectivity index (χ1v) is 8.15. The van der Waals surface area contributed by atoms with Gasteiger partial charge >= 0.3 is 12.0 Å². The van der Waals surface area contributed by atoms with E-state index in [1.54, 1.807) is 0 Å². The van der Waals surface area contributed by atoms with Crippen LogP contribution in [-0.4, -0.2) is 35.1 Å². The lowest BCUT2D eigenvalue weighted by molar-refractivity contribution is -0.141. The summed E-state index contributed by atoms with van der Waals surface area (Å²) in [5.41, 5.74) is 1.55. The van der Waals surface area contributed by atoms with Crippen molar-refractivity contribution in [1.29, 1.82) is 0 Å². The third kappa shape index (κ3) is 4.09. The van der Waals surface area contributed by atoms with Gasteiger partial charge in [-0.1, -0.05) is 24.3 Å². The van der Waals surface area contributed by atoms with Crippen LogP contribution in [0.25, 0.3) is 0 Å². The number of nitrogens with one attached hydrogen (secondary N) is 1. The van der Waals surface area contributed by atoms with Crippen molar-refractivity contribution >= 4 is 17.7 Å². The molecule has 0 aliphatic carbocycles. The molecule has 6 heteroatoms. The number of amides is 2. The minimum atomic E-state index is -0.862. The first-order chi connectivity index (χ1) is 12.0. The Morgan fingerprint density at radius 3 is 2.64 bits per heavy atom. The second-order valence-corrected chi connectivity index (χ2v) is 6.11. The molecule has 1 saturated heterocycles. The number of anilines is 1. The molecule has 6 nitrogen and oxygen atoms in total. The average Bonchev–Trinajstić information content (AvgIpc) is 3.09. The van der Waals surface area contributed by atoms with Crippen LogP contribution in [0.4, 0.5) is 10.5 Å². The highest BCUT2D eigenvalue weighted by atomic mass is 16.5. The average molecular weight is 340 g/mol. The fraction of sp³-hybridized carbons (Fsp3) is 0.263. The fourth-order valence-corrected chi connectivity index (χ4v) is 2.79. The van der Waals surface area contributed by atoms with Gasteiger partial charge in [-0.25, -0.2) is 4.79 Å². The summed E-state index contributed by atoms with van der Waals surface area (Å²) in [4.78, 5) is 25.0. The molecule has 2 aromatic rings. The van der Waals surface area contributed by atoms with Crippen molar-refractivity contribution in [3.05, 3.63) is 54.1 Å². The van der Waals surface area contributed by atoms with E-state index in [4.69, 9.17) is 9.84 Å². The lowest BCUT2D eigenvalue weighted by atomic mass is 10.1. The molecule has 1 aliphatic heterocycles. The predicted molar refractivity (Wildman–Crippen MR) is 94.0 cm³/mol. The molecule has 0 bridgehead atoms. The Morgan fingerprint density at radius 1 is 1.20 bits per heavy atom. The van der Waals surface area contributed by atoms with Crippen LogP contribution < -0.4 is 10.1 Å². The molecule has 0 aromatic heterocycles. The number of para-hydroxylation sites is 1. The van der Waals surface area contributed by atoms with E-state index in [9.17, 15) is 9.59 Å². The summed E-state index contributed by atoms with van der Waals surface area (Å²) >= 11 is 0. The number of rotatable bonds is 4. The van der Waals surface area contributed by atoms with Crippen molar-refractivity contribution in [2.75, 3.05) is 18.4 Å². The minimum absolute atomic E-state index is 0.224. The number of hydrogen-bond donors (Lipinski definition) is 2. The molecular weight excluding hydrogens is 320 g/mol. The highest BCUT2D eigenvalue weighted by Gasteiger charge is 2.31. The molecule has 3 rings (SSSR count). The Hall–Kier alpha value is -3.02. The van der Waals surface area contributed by atoms with Crippen LogP contribution in [0.15, 0.2) is 48.5 Å². The van der Waals surface area contributed by atoms with Gasteiger partial charge < -0.3 is 20.1 Å². The van der Waals surface area contributed by atoms with Crippen LogP contribution in [-0.2, 0) is 4.79 Å². The van der Waals surface area contributed by atoms with Gasteiger partial charge in [-0.15, -0.1) is 0 Å². The molecule has 1 aliphatic rings. The van der Waals surface area contributed by atoms with Crippen LogP contribution in [0, 0.1) is 12.8 Å². The Labute approximate surface area is 146 Å². The highest BCUT2D eigenvalue weighted by molar-refractivity contribution is 5.91. The van der Waals surface area contributed by atoms with Gasteiger partial charge in [0.25, 0.3) is 0 Å². The number of aliphatic carboxylic acids is 1. The summed E-state index contributed by atoms with van der Waals surface area (Å²) in [5.74, 6) is -0.143. The first kappa shape index (κ1) is 16.8. The van der Waals surface area contributed by atoms with Crippen molar-refractivity contribution in [3.63, 3.8) is 0 Å². The van der Waals surface area contributed by atoms with E-state index in [-0.39, 0.29) is 12.6 Å². The molecule has 130 valence electrons. The maximum absolute atomic E-state index is 12.5. The largest absolute Gasteiger partial charge is 0.481 e. The van der Waals surface area contributed by atoms with Gasteiger partial charge in [0.1, 0.15) is 5.75 Å². The number of nitrogens with zero attached hydrogens (tertiary/aromatic N) is 1. The maximum Gasteiger partial charge on any atom is 0.321 e. The third-order valence-electron chi connectivity index (χ3n) is 4.17. The molecule has 1 unspecified atom stereocenters. The molecule has 1 fully saturated rings. The van der Waals surface area contributed by atoms with Crippen molar-refractivity contribution in [1.82, 2.24) is 4.90 Å². The molecule has 0 spiro atoms. The van der Waals surface area contributed by atoms with E-state index < -0.39 is 11.9 Å². The molecule has 2 aromatic carbocycles. The van der Waals surface area contributed by atoms with Gasteiger partial charge in [0.15, 0.2) is 5.75 Å². The summed E-state index contributed by atoms with van der Waals surface area (Å²) in [6.07, 6.45) is 0.476. The van der Waals surface area contributed by atoms with E-state index >= 15 is 0 Å². The molecule has 25 heavy (non-hydrogen) atoms. The van der Waals surface area contributed by atoms with Crippen molar-refractivity contribution < 1.29 is 19.4 Å². The van der Waals surface area contributed by atoms with E-state index in [0.717, 1.165) is 5.56 Å². The quantitative estimate of drug-likeness (QED) is 0.889. The predicted octanol–water partition coefficient (Wildman–Crippen LogP) is 3.73. The molecule has 2 N–H and O–H groups in total. The van der Waals surface area contributed by atoms with Crippen LogP contribution in [0.3, 0.4) is 0 Å². The summed E-state index contributed by atoms with van der Waals surface area (Å²) in [5, 5.41) is 11.9. The lowest BCUT2D eigenvalue weighted by Gasteiger charge is -2.19. The Bertz CT molecular complexity index is 776. The van der Waals surface area contributed by atoms with E-state index in [2.05, 4.69) is 5.32 Å². The zero-order valence-electron chi connectivity index (χ0n) is 13.9. The van der Waals surface area contributed by atoms with Crippen molar-refractivity contribution in [2.24, 2.45) is 5.92 Å². The number of ether oxygens (including phenoxy) is 1. The number of carboxylic acids is 1. The van der Waals surface area contributed by atoms with Gasteiger partial charge in [0, 0.05) is 13.1 Å². The van der Waals surface area contributed by atoms with Gasteiger partial charge in [-0.05, 0) is 43.2 Å². The van der Waals surface area contributed by atoms with E-state index in [0.29, 0.717) is 30.2 Å². The SMILES string of the molecule is Cc1ccc(Oc2ccccc2)c(NC(=O)N2CCC(C(=O)O)C2)c1. The van der Waals surface area contributed by atoms with Crippen LogP contribution in [0.5, 0.6) is 11.5 Å². The number of likely N-dealkylation sites (tertiary alicyclic amines) is 1. The maximum atomic E-state index is 12.5. The number of carboxylic acid groups (broad SMARTS) is 1. The monoisotopic (exact) mass is 340 g/mol. The van der Waals surface area contributed by atoms with E-state index in [1.165, 1.54) is 4.90 Å². The Balaban J connectivity index is 1.74. The number of aryl methyl sites for hydroxylation is 1. The zero-order chi connectivity index (χ0) is 17.8. The third-order valence-corrected chi connectivity index (χ3v) is 4.17. The molecule has 0 saturated carbocycles. The molecule has 2 amide bonds. The standard InChI is InChI=1S/C19H20N2O4/c1-13-7-8-17(25-15-5-3-2-4-6-15)16(11-13)20-19(24)21-10-9-14(12-21)18(22)23/h2-8,11,14H,9-10,12H2,1H3,(H,20,24)(H,22,23). The lowest BCUT2D eigenvalue weighted by Crippen LogP contribution is -2.33. The Morgan fingerprint density at radius 2 is 1.96 bits per heavy atom. The number of carbonyl (C=O) groups excluding carboxylic acids is 1. The Kier molecular flexibility index (Phi) is 4.88. The van der Waals surface area contributed by atoms with Gasteiger partial charge in [0.2, 0.25) is 0 Å². The van der Waals surface area contributed by atoms with Crippen LogP contribution in [0.1, 0.15) is 12.0 Å². The smallest absolute Gasteiger partial charge is 0.321 e. The first-order valence-electron chi connectivity index (χ1n) is 8.15. The van der Waals surface area contributed by atoms with E-state index in [1.807, 2.05) is 55.5 Å². The molecular formula is C19H20N2O4.